The minimum absolute atomic E-state index is 0.351. The smallest absolute Gasteiger partial charge is 0.219 e. The van der Waals surface area contributed by atoms with E-state index in [4.69, 9.17) is 16.2 Å². The Morgan fingerprint density at radius 2 is 2.21 bits per heavy atom. The molecule has 0 aliphatic rings. The summed E-state index contributed by atoms with van der Waals surface area (Å²) < 4.78 is 4.99. The zero-order valence-corrected chi connectivity index (χ0v) is 8.27. The van der Waals surface area contributed by atoms with Crippen molar-refractivity contribution in [2.75, 3.05) is 12.8 Å². The van der Waals surface area contributed by atoms with Crippen molar-refractivity contribution in [3.63, 3.8) is 0 Å². The molecule has 1 rings (SSSR count). The molecule has 0 fully saturated rings. The van der Waals surface area contributed by atoms with E-state index in [-0.39, 0.29) is 0 Å². The van der Waals surface area contributed by atoms with Crippen molar-refractivity contribution in [2.45, 2.75) is 19.1 Å². The van der Waals surface area contributed by atoms with Gasteiger partial charge in [-0.05, 0) is 13.0 Å². The number of anilines is 1. The first-order chi connectivity index (χ1) is 6.56. The van der Waals surface area contributed by atoms with E-state index in [1.54, 1.807) is 13.0 Å². The summed E-state index contributed by atoms with van der Waals surface area (Å²) in [7, 11) is 1.48. The van der Waals surface area contributed by atoms with E-state index >= 15 is 0 Å². The first-order valence-electron chi connectivity index (χ1n) is 4.29. The number of nitrogens with zero attached hydrogens (tertiary/aromatic N) is 1. The maximum Gasteiger partial charge on any atom is 0.219 e. The second kappa shape index (κ2) is 4.26. The largest absolute Gasteiger partial charge is 0.481 e. The van der Waals surface area contributed by atoms with E-state index in [0.717, 1.165) is 0 Å². The molecule has 0 aliphatic carbocycles. The van der Waals surface area contributed by atoms with Gasteiger partial charge < -0.3 is 21.3 Å². The van der Waals surface area contributed by atoms with Gasteiger partial charge in [0.1, 0.15) is 0 Å². The lowest BCUT2D eigenvalue weighted by molar-refractivity contribution is 0.148. The predicted molar refractivity (Wildman–Crippen MR) is 53.8 cm³/mol. The molecule has 0 spiro atoms. The van der Waals surface area contributed by atoms with E-state index < -0.39 is 12.1 Å². The lowest BCUT2D eigenvalue weighted by Crippen LogP contribution is -2.25. The van der Waals surface area contributed by atoms with Gasteiger partial charge in [0.05, 0.1) is 25.1 Å². The van der Waals surface area contributed by atoms with E-state index in [9.17, 15) is 5.11 Å². The lowest BCUT2D eigenvalue weighted by Gasteiger charge is -2.17. The topological polar surface area (TPSA) is 94.4 Å². The normalized spacial score (nSPS) is 14.9. The van der Waals surface area contributed by atoms with Crippen molar-refractivity contribution >= 4 is 5.69 Å². The number of hydrogen-bond donors (Lipinski definition) is 3. The highest BCUT2D eigenvalue weighted by molar-refractivity contribution is 5.43. The summed E-state index contributed by atoms with van der Waals surface area (Å²) >= 11 is 0. The van der Waals surface area contributed by atoms with Crippen molar-refractivity contribution < 1.29 is 9.84 Å². The molecule has 0 saturated carbocycles. The number of aliphatic hydroxyl groups is 1. The Morgan fingerprint density at radius 1 is 1.57 bits per heavy atom. The van der Waals surface area contributed by atoms with Crippen molar-refractivity contribution in [3.8, 4) is 5.88 Å². The summed E-state index contributed by atoms with van der Waals surface area (Å²) in [6.07, 6.45) is 0.650. The molecule has 1 aromatic rings. The van der Waals surface area contributed by atoms with Crippen LogP contribution in [0.1, 0.15) is 18.6 Å². The quantitative estimate of drug-likeness (QED) is 0.636. The molecule has 0 aliphatic heterocycles. The molecule has 0 amide bonds. The average Bonchev–Trinajstić information content (AvgIpc) is 2.16. The van der Waals surface area contributed by atoms with Crippen molar-refractivity contribution in [1.29, 1.82) is 0 Å². The molecular formula is C9H15N3O2. The fourth-order valence-corrected chi connectivity index (χ4v) is 1.15. The number of aliphatic hydroxyl groups excluding tert-OH is 1. The number of rotatable bonds is 3. The van der Waals surface area contributed by atoms with Gasteiger partial charge in [-0.1, -0.05) is 0 Å². The fraction of sp³-hybridized carbons (Fsp3) is 0.444. The van der Waals surface area contributed by atoms with Gasteiger partial charge in [-0.2, -0.15) is 0 Å². The van der Waals surface area contributed by atoms with Crippen LogP contribution >= 0.6 is 0 Å². The molecule has 5 heteroatoms. The first kappa shape index (κ1) is 10.7. The summed E-state index contributed by atoms with van der Waals surface area (Å²) in [6, 6.07) is 1.22. The number of methoxy groups -OCH3 is 1. The second-order valence-corrected chi connectivity index (χ2v) is 3.17. The standard InChI is InChI=1S/C9H15N3O2/c1-5(10)8(13)7-3-6(11)4-12-9(7)14-2/h3-5,8,13H,10-11H2,1-2H3/t5-,8-/m1/s1. The van der Waals surface area contributed by atoms with Crippen molar-refractivity contribution in [2.24, 2.45) is 5.73 Å². The molecule has 2 atom stereocenters. The van der Waals surface area contributed by atoms with E-state index in [2.05, 4.69) is 4.98 Å². The van der Waals surface area contributed by atoms with Crippen LogP contribution in [0.4, 0.5) is 5.69 Å². The Balaban J connectivity index is 3.10. The van der Waals surface area contributed by atoms with Crippen LogP contribution in [0.15, 0.2) is 12.3 Å². The zero-order valence-electron chi connectivity index (χ0n) is 8.27. The molecule has 14 heavy (non-hydrogen) atoms. The molecule has 0 aromatic carbocycles. The molecule has 0 saturated heterocycles. The summed E-state index contributed by atoms with van der Waals surface area (Å²) in [5.41, 5.74) is 12.1. The van der Waals surface area contributed by atoms with Crippen molar-refractivity contribution in [1.82, 2.24) is 4.98 Å². The third-order valence-corrected chi connectivity index (χ3v) is 1.91. The van der Waals surface area contributed by atoms with E-state index in [1.807, 2.05) is 0 Å². The highest BCUT2D eigenvalue weighted by atomic mass is 16.5. The summed E-state index contributed by atoms with van der Waals surface area (Å²) in [4.78, 5) is 3.94. The summed E-state index contributed by atoms with van der Waals surface area (Å²) in [6.45, 7) is 1.70. The molecule has 5 nitrogen and oxygen atoms in total. The number of nitrogen functional groups attached to an aromatic ring is 1. The highest BCUT2D eigenvalue weighted by Crippen LogP contribution is 2.26. The second-order valence-electron chi connectivity index (χ2n) is 3.17. The Morgan fingerprint density at radius 3 is 2.71 bits per heavy atom. The minimum Gasteiger partial charge on any atom is -0.481 e. The van der Waals surface area contributed by atoms with Crippen LogP contribution < -0.4 is 16.2 Å². The number of ether oxygens (including phenoxy) is 1. The van der Waals surface area contributed by atoms with Crippen LogP contribution in [-0.2, 0) is 0 Å². The molecule has 1 heterocycles. The van der Waals surface area contributed by atoms with E-state index in [0.29, 0.717) is 17.1 Å². The molecule has 1 aromatic heterocycles. The van der Waals surface area contributed by atoms with Gasteiger partial charge >= 0.3 is 0 Å². The number of aromatic nitrogens is 1. The Kier molecular flexibility index (Phi) is 3.27. The van der Waals surface area contributed by atoms with Gasteiger partial charge in [0.2, 0.25) is 5.88 Å². The fourth-order valence-electron chi connectivity index (χ4n) is 1.15. The molecule has 0 unspecified atom stereocenters. The SMILES string of the molecule is COc1ncc(N)cc1[C@H](O)[C@@H](C)N. The van der Waals surface area contributed by atoms with Crippen LogP contribution in [0, 0.1) is 0 Å². The number of pyridine rings is 1. The monoisotopic (exact) mass is 197 g/mol. The molecule has 0 radical (unpaired) electrons. The van der Waals surface area contributed by atoms with Gasteiger partial charge in [0, 0.05) is 11.6 Å². The number of hydrogen-bond acceptors (Lipinski definition) is 5. The maximum atomic E-state index is 9.73. The average molecular weight is 197 g/mol. The Hall–Kier alpha value is -1.33. The Bertz CT molecular complexity index is 315. The summed E-state index contributed by atoms with van der Waals surface area (Å²) in [5, 5.41) is 9.73. The van der Waals surface area contributed by atoms with Gasteiger partial charge in [-0.3, -0.25) is 0 Å². The highest BCUT2D eigenvalue weighted by Gasteiger charge is 2.18. The molecular weight excluding hydrogens is 182 g/mol. The van der Waals surface area contributed by atoms with Crippen LogP contribution in [0.25, 0.3) is 0 Å². The van der Waals surface area contributed by atoms with Crippen LogP contribution in [0.3, 0.4) is 0 Å². The van der Waals surface area contributed by atoms with Gasteiger partial charge in [-0.15, -0.1) is 0 Å². The molecule has 0 bridgehead atoms. The van der Waals surface area contributed by atoms with Crippen LogP contribution in [0.2, 0.25) is 0 Å². The predicted octanol–water partition coefficient (Wildman–Crippen LogP) is 0.0530. The van der Waals surface area contributed by atoms with Gasteiger partial charge in [0.25, 0.3) is 0 Å². The molecule has 5 N–H and O–H groups in total. The summed E-state index contributed by atoms with van der Waals surface area (Å²) in [5.74, 6) is 0.351. The van der Waals surface area contributed by atoms with E-state index in [1.165, 1.54) is 13.3 Å². The van der Waals surface area contributed by atoms with Gasteiger partial charge in [-0.25, -0.2) is 4.98 Å². The maximum absolute atomic E-state index is 9.73. The first-order valence-corrected chi connectivity index (χ1v) is 4.29. The number of nitrogens with two attached hydrogens (primary N) is 2. The Labute approximate surface area is 82.7 Å². The third-order valence-electron chi connectivity index (χ3n) is 1.91. The minimum atomic E-state index is -0.819. The lowest BCUT2D eigenvalue weighted by atomic mass is 10.1. The third kappa shape index (κ3) is 2.12. The van der Waals surface area contributed by atoms with Gasteiger partial charge in [0.15, 0.2) is 0 Å². The van der Waals surface area contributed by atoms with Crippen molar-refractivity contribution in [3.05, 3.63) is 17.8 Å². The zero-order chi connectivity index (χ0) is 10.7. The van der Waals surface area contributed by atoms with Crippen LogP contribution in [-0.4, -0.2) is 23.2 Å². The molecule has 78 valence electrons. The van der Waals surface area contributed by atoms with Crippen LogP contribution in [0.5, 0.6) is 5.88 Å².